The SMILES string of the molecule is C1=C(C2=CSCS2)SCS1. The summed E-state index contributed by atoms with van der Waals surface area (Å²) >= 11 is 7.74. The van der Waals surface area contributed by atoms with E-state index in [0.29, 0.717) is 0 Å². The van der Waals surface area contributed by atoms with Crippen LogP contribution in [0.2, 0.25) is 0 Å². The van der Waals surface area contributed by atoms with Crippen LogP contribution in [-0.2, 0) is 0 Å². The molecule has 0 aromatic rings. The van der Waals surface area contributed by atoms with E-state index in [1.54, 1.807) is 0 Å². The van der Waals surface area contributed by atoms with E-state index in [4.69, 9.17) is 0 Å². The van der Waals surface area contributed by atoms with E-state index in [-0.39, 0.29) is 0 Å². The molecule has 0 nitrogen and oxygen atoms in total. The number of rotatable bonds is 1. The first-order chi connectivity index (χ1) is 4.97. The molecule has 0 radical (unpaired) electrons. The fourth-order valence-electron chi connectivity index (χ4n) is 0.741. The average molecular weight is 206 g/mol. The van der Waals surface area contributed by atoms with Gasteiger partial charge >= 0.3 is 0 Å². The van der Waals surface area contributed by atoms with Crippen LogP contribution in [0, 0.1) is 0 Å². The third-order valence-corrected chi connectivity index (χ3v) is 5.75. The first-order valence-corrected chi connectivity index (χ1v) is 6.93. The molecule has 2 aliphatic heterocycles. The third kappa shape index (κ3) is 1.55. The monoisotopic (exact) mass is 206 g/mol. The summed E-state index contributed by atoms with van der Waals surface area (Å²) in [6.07, 6.45) is 0. The molecule has 0 unspecified atom stereocenters. The van der Waals surface area contributed by atoms with Crippen LogP contribution in [0.25, 0.3) is 0 Å². The lowest BCUT2D eigenvalue weighted by Crippen LogP contribution is -1.70. The second-order valence-corrected chi connectivity index (χ2v) is 6.30. The molecular formula is C6H6S4. The highest BCUT2D eigenvalue weighted by atomic mass is 32.2. The Bertz CT molecular complexity index is 172. The molecule has 0 aliphatic carbocycles. The largest absolute Gasteiger partial charge is 0.122 e. The van der Waals surface area contributed by atoms with Crippen molar-refractivity contribution < 1.29 is 0 Å². The standard InChI is InChI=1S/C6H6S4/c1-5(9-3-7-1)6-2-8-4-10-6/h1-2H,3-4H2. The van der Waals surface area contributed by atoms with E-state index >= 15 is 0 Å². The van der Waals surface area contributed by atoms with Gasteiger partial charge in [0.25, 0.3) is 0 Å². The van der Waals surface area contributed by atoms with Gasteiger partial charge in [0.05, 0.1) is 0 Å². The van der Waals surface area contributed by atoms with Crippen LogP contribution in [0.4, 0.5) is 0 Å². The lowest BCUT2D eigenvalue weighted by molar-refractivity contribution is 1.96. The van der Waals surface area contributed by atoms with Gasteiger partial charge in [-0.05, 0) is 10.8 Å². The minimum absolute atomic E-state index is 1.21. The van der Waals surface area contributed by atoms with E-state index < -0.39 is 0 Å². The summed E-state index contributed by atoms with van der Waals surface area (Å²) in [6, 6.07) is 0. The quantitative estimate of drug-likeness (QED) is 0.643. The third-order valence-electron chi connectivity index (χ3n) is 1.19. The average Bonchev–Trinajstić information content (AvgIpc) is 2.59. The van der Waals surface area contributed by atoms with Crippen LogP contribution < -0.4 is 0 Å². The lowest BCUT2D eigenvalue weighted by Gasteiger charge is -1.96. The molecule has 0 spiro atoms. The zero-order valence-corrected chi connectivity index (χ0v) is 8.47. The molecule has 2 rings (SSSR count). The molecule has 54 valence electrons. The maximum absolute atomic E-state index is 2.27. The van der Waals surface area contributed by atoms with Crippen LogP contribution in [0.15, 0.2) is 20.6 Å². The summed E-state index contributed by atoms with van der Waals surface area (Å²) in [5.41, 5.74) is 0. The Balaban J connectivity index is 2.10. The van der Waals surface area contributed by atoms with Crippen molar-refractivity contribution in [1.29, 1.82) is 0 Å². The van der Waals surface area contributed by atoms with Gasteiger partial charge in [0.1, 0.15) is 0 Å². The Kier molecular flexibility index (Phi) is 2.65. The molecule has 2 aliphatic rings. The highest BCUT2D eigenvalue weighted by Crippen LogP contribution is 2.45. The first-order valence-electron chi connectivity index (χ1n) is 2.86. The lowest BCUT2D eigenvalue weighted by atomic mass is 10.6. The van der Waals surface area contributed by atoms with E-state index in [1.165, 1.54) is 20.0 Å². The molecule has 0 N–H and O–H groups in total. The Hall–Kier alpha value is 0.880. The molecule has 2 heterocycles. The van der Waals surface area contributed by atoms with Crippen molar-refractivity contribution in [1.82, 2.24) is 0 Å². The van der Waals surface area contributed by atoms with Gasteiger partial charge in [-0.25, -0.2) is 0 Å². The molecule has 0 fully saturated rings. The van der Waals surface area contributed by atoms with Gasteiger partial charge in [-0.1, -0.05) is 0 Å². The number of hydrogen-bond acceptors (Lipinski definition) is 4. The molecule has 10 heavy (non-hydrogen) atoms. The van der Waals surface area contributed by atoms with Gasteiger partial charge in [0.2, 0.25) is 0 Å². The Morgan fingerprint density at radius 1 is 0.900 bits per heavy atom. The van der Waals surface area contributed by atoms with Crippen LogP contribution >= 0.6 is 47.0 Å². The van der Waals surface area contributed by atoms with E-state index in [0.717, 1.165) is 0 Å². The van der Waals surface area contributed by atoms with Gasteiger partial charge in [0, 0.05) is 20.0 Å². The van der Waals surface area contributed by atoms with Crippen molar-refractivity contribution >= 4 is 47.0 Å². The highest BCUT2D eigenvalue weighted by molar-refractivity contribution is 8.25. The number of thioether (sulfide) groups is 4. The van der Waals surface area contributed by atoms with Crippen molar-refractivity contribution in [2.24, 2.45) is 0 Å². The smallest absolute Gasteiger partial charge is 0.0481 e. The Morgan fingerprint density at radius 2 is 1.40 bits per heavy atom. The summed E-state index contributed by atoms with van der Waals surface area (Å²) < 4.78 is 0. The molecule has 4 heteroatoms. The van der Waals surface area contributed by atoms with Crippen molar-refractivity contribution in [2.45, 2.75) is 0 Å². The number of hydrogen-bond donors (Lipinski definition) is 0. The molecule has 0 saturated carbocycles. The molecular weight excluding hydrogens is 200 g/mol. The fraction of sp³-hybridized carbons (Fsp3) is 0.333. The topological polar surface area (TPSA) is 0 Å². The van der Waals surface area contributed by atoms with Crippen molar-refractivity contribution in [3.63, 3.8) is 0 Å². The van der Waals surface area contributed by atoms with E-state index in [1.807, 2.05) is 47.0 Å². The van der Waals surface area contributed by atoms with Gasteiger partial charge in [-0.15, -0.1) is 47.0 Å². The van der Waals surface area contributed by atoms with E-state index in [2.05, 4.69) is 10.8 Å². The van der Waals surface area contributed by atoms with Crippen LogP contribution in [-0.4, -0.2) is 10.2 Å². The predicted molar refractivity (Wildman–Crippen MR) is 56.3 cm³/mol. The van der Waals surface area contributed by atoms with Crippen molar-refractivity contribution in [2.75, 3.05) is 10.2 Å². The van der Waals surface area contributed by atoms with Crippen LogP contribution in [0.5, 0.6) is 0 Å². The molecule has 0 saturated heterocycles. The summed E-state index contributed by atoms with van der Waals surface area (Å²) in [7, 11) is 0. The Labute approximate surface area is 77.7 Å². The van der Waals surface area contributed by atoms with Gasteiger partial charge in [0.15, 0.2) is 0 Å². The summed E-state index contributed by atoms with van der Waals surface area (Å²) in [4.78, 5) is 2.97. The predicted octanol–water partition coefficient (Wildman–Crippen LogP) is 3.54. The second-order valence-electron chi connectivity index (χ2n) is 1.82. The normalized spacial score (nSPS) is 24.8. The minimum atomic E-state index is 1.21. The van der Waals surface area contributed by atoms with Crippen molar-refractivity contribution in [3.05, 3.63) is 20.6 Å². The minimum Gasteiger partial charge on any atom is -0.122 e. The molecule has 0 aromatic heterocycles. The van der Waals surface area contributed by atoms with Gasteiger partial charge in [-0.2, -0.15) is 0 Å². The van der Waals surface area contributed by atoms with Gasteiger partial charge in [-0.3, -0.25) is 0 Å². The first kappa shape index (κ1) is 7.53. The van der Waals surface area contributed by atoms with Crippen molar-refractivity contribution in [3.8, 4) is 0 Å². The van der Waals surface area contributed by atoms with E-state index in [9.17, 15) is 0 Å². The zero-order valence-electron chi connectivity index (χ0n) is 5.20. The zero-order chi connectivity index (χ0) is 6.81. The fourth-order valence-corrected chi connectivity index (χ4v) is 5.26. The highest BCUT2D eigenvalue weighted by Gasteiger charge is 2.14. The molecule has 0 amide bonds. The second kappa shape index (κ2) is 3.52. The summed E-state index contributed by atoms with van der Waals surface area (Å²) in [6.45, 7) is 0. The maximum Gasteiger partial charge on any atom is 0.0481 e. The maximum atomic E-state index is 2.27. The van der Waals surface area contributed by atoms with Gasteiger partial charge < -0.3 is 0 Å². The molecule has 0 atom stereocenters. The van der Waals surface area contributed by atoms with Crippen LogP contribution in [0.1, 0.15) is 0 Å². The van der Waals surface area contributed by atoms with Crippen LogP contribution in [0.3, 0.4) is 0 Å². The summed E-state index contributed by atoms with van der Waals surface area (Å²) in [5, 5.41) is 6.96. The molecule has 0 bridgehead atoms. The molecule has 0 aromatic carbocycles. The Morgan fingerprint density at radius 3 is 1.70 bits per heavy atom. The summed E-state index contributed by atoms with van der Waals surface area (Å²) in [5.74, 6) is 0.